The summed E-state index contributed by atoms with van der Waals surface area (Å²) < 4.78 is 0. The Morgan fingerprint density at radius 1 is 1.11 bits per heavy atom. The highest BCUT2D eigenvalue weighted by molar-refractivity contribution is 8.14. The van der Waals surface area contributed by atoms with E-state index in [1.54, 1.807) is 0 Å². The van der Waals surface area contributed by atoms with Crippen LogP contribution in [0.4, 0.5) is 0 Å². The molecule has 18 heavy (non-hydrogen) atoms. The van der Waals surface area contributed by atoms with Gasteiger partial charge in [-0.3, -0.25) is 4.99 Å². The maximum absolute atomic E-state index is 5.02. The third-order valence-corrected chi connectivity index (χ3v) is 6.05. The van der Waals surface area contributed by atoms with E-state index in [1.807, 2.05) is 11.8 Å². The van der Waals surface area contributed by atoms with Crippen LogP contribution in [-0.2, 0) is 0 Å². The lowest BCUT2D eigenvalue weighted by atomic mass is 9.81. The summed E-state index contributed by atoms with van der Waals surface area (Å²) >= 11 is 1.97. The van der Waals surface area contributed by atoms with Gasteiger partial charge >= 0.3 is 0 Å². The summed E-state index contributed by atoms with van der Waals surface area (Å²) in [6.45, 7) is 4.77. The van der Waals surface area contributed by atoms with Crippen LogP contribution in [-0.4, -0.2) is 22.5 Å². The Labute approximate surface area is 115 Å². The Morgan fingerprint density at radius 2 is 1.78 bits per heavy atom. The molecule has 2 saturated carbocycles. The molecule has 1 N–H and O–H groups in total. The SMILES string of the molecule is CC1CC(C)CC(N=C2NC3(CCCC3)CS2)C1. The Bertz CT molecular complexity index is 323. The van der Waals surface area contributed by atoms with Crippen molar-refractivity contribution in [2.45, 2.75) is 70.4 Å². The van der Waals surface area contributed by atoms with Crippen LogP contribution >= 0.6 is 11.8 Å². The second-order valence-corrected chi connectivity index (χ2v) is 7.87. The Hall–Kier alpha value is -0.180. The molecule has 3 aliphatic rings. The first-order valence-corrected chi connectivity index (χ1v) is 8.63. The van der Waals surface area contributed by atoms with Crippen LogP contribution in [0.1, 0.15) is 58.8 Å². The molecular weight excluding hydrogens is 240 g/mol. The average molecular weight is 266 g/mol. The van der Waals surface area contributed by atoms with Crippen molar-refractivity contribution < 1.29 is 0 Å². The van der Waals surface area contributed by atoms with Gasteiger partial charge in [0.2, 0.25) is 0 Å². The normalized spacial score (nSPS) is 41.4. The van der Waals surface area contributed by atoms with Gasteiger partial charge in [-0.2, -0.15) is 0 Å². The van der Waals surface area contributed by atoms with E-state index < -0.39 is 0 Å². The molecule has 0 aromatic carbocycles. The summed E-state index contributed by atoms with van der Waals surface area (Å²) in [6, 6.07) is 0.579. The quantitative estimate of drug-likeness (QED) is 0.780. The molecule has 102 valence electrons. The number of thioether (sulfide) groups is 1. The van der Waals surface area contributed by atoms with Gasteiger partial charge in [-0.25, -0.2) is 0 Å². The van der Waals surface area contributed by atoms with Crippen molar-refractivity contribution in [3.8, 4) is 0 Å². The Kier molecular flexibility index (Phi) is 3.61. The first-order valence-electron chi connectivity index (χ1n) is 7.64. The molecule has 1 saturated heterocycles. The molecule has 1 heterocycles. The van der Waals surface area contributed by atoms with E-state index in [0.29, 0.717) is 11.6 Å². The zero-order valence-corrected chi connectivity index (χ0v) is 12.6. The van der Waals surface area contributed by atoms with Crippen molar-refractivity contribution in [3.05, 3.63) is 0 Å². The fourth-order valence-electron chi connectivity index (χ4n) is 4.07. The maximum Gasteiger partial charge on any atom is 0.157 e. The summed E-state index contributed by atoms with van der Waals surface area (Å²) in [6.07, 6.45) is 9.50. The minimum absolute atomic E-state index is 0.426. The summed E-state index contributed by atoms with van der Waals surface area (Å²) in [5, 5.41) is 5.01. The van der Waals surface area contributed by atoms with Crippen molar-refractivity contribution >= 4 is 16.9 Å². The maximum atomic E-state index is 5.02. The molecular formula is C15H26N2S. The van der Waals surface area contributed by atoms with Gasteiger partial charge in [0.25, 0.3) is 0 Å². The molecule has 2 unspecified atom stereocenters. The van der Waals surface area contributed by atoms with E-state index in [9.17, 15) is 0 Å². The van der Waals surface area contributed by atoms with Gasteiger partial charge in [-0.15, -0.1) is 0 Å². The number of rotatable bonds is 1. The molecule has 2 aliphatic carbocycles. The smallest absolute Gasteiger partial charge is 0.157 e. The molecule has 0 bridgehead atoms. The number of nitrogens with zero attached hydrogens (tertiary/aromatic N) is 1. The lowest BCUT2D eigenvalue weighted by molar-refractivity contribution is 0.270. The number of amidine groups is 1. The van der Waals surface area contributed by atoms with Gasteiger partial charge in [-0.1, -0.05) is 38.5 Å². The second-order valence-electron chi connectivity index (χ2n) is 6.91. The predicted molar refractivity (Wildman–Crippen MR) is 80.2 cm³/mol. The van der Waals surface area contributed by atoms with Crippen LogP contribution in [0.15, 0.2) is 4.99 Å². The fraction of sp³-hybridized carbons (Fsp3) is 0.933. The highest BCUT2D eigenvalue weighted by Gasteiger charge is 2.40. The Morgan fingerprint density at radius 3 is 2.44 bits per heavy atom. The minimum Gasteiger partial charge on any atom is -0.359 e. The number of nitrogens with one attached hydrogen (secondary N) is 1. The van der Waals surface area contributed by atoms with E-state index >= 15 is 0 Å². The predicted octanol–water partition coefficient (Wildman–Crippen LogP) is 3.82. The molecule has 3 heteroatoms. The number of aliphatic imine (C=N–C) groups is 1. The van der Waals surface area contributed by atoms with Crippen LogP contribution in [0.3, 0.4) is 0 Å². The fourth-order valence-corrected chi connectivity index (χ4v) is 5.36. The summed E-state index contributed by atoms with van der Waals surface area (Å²) in [7, 11) is 0. The van der Waals surface area contributed by atoms with Crippen molar-refractivity contribution in [1.29, 1.82) is 0 Å². The standard InChI is InChI=1S/C15H26N2S/c1-11-7-12(2)9-13(8-11)16-14-17-15(10-18-14)5-3-4-6-15/h11-13H,3-10H2,1-2H3,(H,16,17). The van der Waals surface area contributed by atoms with Gasteiger partial charge in [-0.05, 0) is 43.9 Å². The van der Waals surface area contributed by atoms with E-state index in [1.165, 1.54) is 55.9 Å². The lowest BCUT2D eigenvalue weighted by Gasteiger charge is -2.29. The van der Waals surface area contributed by atoms with Crippen molar-refractivity contribution in [2.24, 2.45) is 16.8 Å². The van der Waals surface area contributed by atoms with E-state index in [0.717, 1.165) is 11.8 Å². The molecule has 2 atom stereocenters. The van der Waals surface area contributed by atoms with Crippen molar-refractivity contribution in [2.75, 3.05) is 5.75 Å². The Balaban J connectivity index is 1.63. The average Bonchev–Trinajstić information content (AvgIpc) is 2.89. The molecule has 3 fully saturated rings. The first kappa shape index (κ1) is 12.8. The van der Waals surface area contributed by atoms with Crippen LogP contribution in [0.25, 0.3) is 0 Å². The van der Waals surface area contributed by atoms with E-state index in [4.69, 9.17) is 4.99 Å². The lowest BCUT2D eigenvalue weighted by Crippen LogP contribution is -2.41. The van der Waals surface area contributed by atoms with E-state index in [2.05, 4.69) is 19.2 Å². The van der Waals surface area contributed by atoms with Crippen LogP contribution in [0.2, 0.25) is 0 Å². The highest BCUT2D eigenvalue weighted by Crippen LogP contribution is 2.38. The van der Waals surface area contributed by atoms with Crippen molar-refractivity contribution in [3.63, 3.8) is 0 Å². The van der Waals surface area contributed by atoms with Gasteiger partial charge in [0.15, 0.2) is 5.17 Å². The molecule has 3 rings (SSSR count). The summed E-state index contributed by atoms with van der Waals surface area (Å²) in [5.74, 6) is 2.97. The third kappa shape index (κ3) is 2.71. The topological polar surface area (TPSA) is 24.4 Å². The van der Waals surface area contributed by atoms with E-state index in [-0.39, 0.29) is 0 Å². The zero-order valence-electron chi connectivity index (χ0n) is 11.7. The molecule has 0 amide bonds. The number of hydrogen-bond donors (Lipinski definition) is 1. The molecule has 1 spiro atoms. The number of hydrogen-bond acceptors (Lipinski definition) is 2. The van der Waals surface area contributed by atoms with Crippen LogP contribution < -0.4 is 5.32 Å². The minimum atomic E-state index is 0.426. The monoisotopic (exact) mass is 266 g/mol. The molecule has 0 radical (unpaired) electrons. The second kappa shape index (κ2) is 5.07. The van der Waals surface area contributed by atoms with Gasteiger partial charge < -0.3 is 5.32 Å². The van der Waals surface area contributed by atoms with Crippen molar-refractivity contribution in [1.82, 2.24) is 5.32 Å². The van der Waals surface area contributed by atoms with Gasteiger partial charge in [0.1, 0.15) is 0 Å². The summed E-state index contributed by atoms with van der Waals surface area (Å²) in [4.78, 5) is 5.02. The molecule has 0 aromatic rings. The largest absolute Gasteiger partial charge is 0.359 e. The van der Waals surface area contributed by atoms with Crippen LogP contribution in [0, 0.1) is 11.8 Å². The molecule has 1 aliphatic heterocycles. The summed E-state index contributed by atoms with van der Waals surface area (Å²) in [5.41, 5.74) is 0.426. The third-order valence-electron chi connectivity index (χ3n) is 4.87. The zero-order chi connectivity index (χ0) is 12.6. The highest BCUT2D eigenvalue weighted by atomic mass is 32.2. The first-order chi connectivity index (χ1) is 8.65. The van der Waals surface area contributed by atoms with Gasteiger partial charge in [0.05, 0.1) is 6.04 Å². The molecule has 2 nitrogen and oxygen atoms in total. The van der Waals surface area contributed by atoms with Gasteiger partial charge in [0, 0.05) is 11.3 Å². The van der Waals surface area contributed by atoms with Crippen LogP contribution in [0.5, 0.6) is 0 Å². The molecule has 0 aromatic heterocycles.